The summed E-state index contributed by atoms with van der Waals surface area (Å²) in [4.78, 5) is 17.0. The topological polar surface area (TPSA) is 87.6 Å². The maximum atomic E-state index is 12.5. The SMILES string of the molecule is Cc1ccc(CNC(=O)c2ccc(Cl)c(NC3=N[C@H]4CS(=O)(=O)C[C@H]4S3)c2)cc1. The van der Waals surface area contributed by atoms with Gasteiger partial charge in [-0.05, 0) is 30.7 Å². The molecule has 0 bridgehead atoms. The lowest BCUT2D eigenvalue weighted by atomic mass is 10.1. The standard InChI is InChI=1S/C20H20ClN3O3S2/c1-12-2-4-13(5-3-12)9-22-19(25)14-6-7-15(21)16(8-14)23-20-24-17-10-29(26,27)11-18(17)28-20/h2-8,17-18H,9-11H2,1H3,(H,22,25)(H,23,24)/t17-,18+/m0/s1. The Balaban J connectivity index is 1.42. The van der Waals surface area contributed by atoms with Crippen molar-refractivity contribution in [1.82, 2.24) is 5.32 Å². The third-order valence-corrected chi connectivity index (χ3v) is 8.33. The van der Waals surface area contributed by atoms with E-state index in [1.54, 1.807) is 18.2 Å². The third-order valence-electron chi connectivity index (χ3n) is 4.86. The maximum Gasteiger partial charge on any atom is 0.251 e. The first-order chi connectivity index (χ1) is 13.8. The molecule has 6 nitrogen and oxygen atoms in total. The third kappa shape index (κ3) is 4.76. The number of benzene rings is 2. The van der Waals surface area contributed by atoms with Crippen molar-refractivity contribution in [2.24, 2.45) is 4.99 Å². The highest BCUT2D eigenvalue weighted by atomic mass is 35.5. The van der Waals surface area contributed by atoms with Gasteiger partial charge in [0.2, 0.25) is 0 Å². The molecular weight excluding hydrogens is 430 g/mol. The van der Waals surface area contributed by atoms with Gasteiger partial charge < -0.3 is 10.6 Å². The number of thioether (sulfide) groups is 1. The van der Waals surface area contributed by atoms with Crippen molar-refractivity contribution in [2.45, 2.75) is 24.8 Å². The summed E-state index contributed by atoms with van der Waals surface area (Å²) in [5.41, 5.74) is 3.25. The van der Waals surface area contributed by atoms with Crippen LogP contribution in [-0.2, 0) is 16.4 Å². The van der Waals surface area contributed by atoms with E-state index in [0.29, 0.717) is 28.0 Å². The number of hydrogen-bond donors (Lipinski definition) is 2. The first-order valence-electron chi connectivity index (χ1n) is 9.14. The molecule has 2 aromatic rings. The van der Waals surface area contributed by atoms with Crippen molar-refractivity contribution in [3.05, 3.63) is 64.2 Å². The molecule has 9 heteroatoms. The first-order valence-corrected chi connectivity index (χ1v) is 12.2. The number of anilines is 1. The Morgan fingerprint density at radius 1 is 1.21 bits per heavy atom. The van der Waals surface area contributed by atoms with Crippen LogP contribution in [0.25, 0.3) is 0 Å². The van der Waals surface area contributed by atoms with Crippen LogP contribution in [0.15, 0.2) is 47.5 Å². The molecule has 0 radical (unpaired) electrons. The number of fused-ring (bicyclic) bond motifs is 1. The number of nitrogens with zero attached hydrogens (tertiary/aromatic N) is 1. The van der Waals surface area contributed by atoms with Gasteiger partial charge in [0.1, 0.15) is 0 Å². The molecule has 0 unspecified atom stereocenters. The normalized spacial score (nSPS) is 22.1. The minimum absolute atomic E-state index is 0.0535. The average molecular weight is 450 g/mol. The summed E-state index contributed by atoms with van der Waals surface area (Å²) in [5.74, 6) is 0.0336. The number of amides is 1. The molecule has 1 saturated heterocycles. The summed E-state index contributed by atoms with van der Waals surface area (Å²) in [5, 5.41) is 7.10. The number of amidine groups is 1. The summed E-state index contributed by atoms with van der Waals surface area (Å²) in [6.07, 6.45) is 0. The Labute approximate surface area is 179 Å². The second-order valence-corrected chi connectivity index (χ2v) is 11.0. The number of rotatable bonds is 4. The Morgan fingerprint density at radius 2 is 1.97 bits per heavy atom. The van der Waals surface area contributed by atoms with E-state index in [4.69, 9.17) is 11.6 Å². The fourth-order valence-electron chi connectivity index (χ4n) is 3.28. The Bertz CT molecular complexity index is 1080. The van der Waals surface area contributed by atoms with Crippen molar-refractivity contribution in [3.8, 4) is 0 Å². The van der Waals surface area contributed by atoms with Crippen LogP contribution in [-0.4, -0.2) is 42.3 Å². The van der Waals surface area contributed by atoms with Crippen molar-refractivity contribution < 1.29 is 13.2 Å². The van der Waals surface area contributed by atoms with Gasteiger partial charge in [0.05, 0.1) is 28.3 Å². The van der Waals surface area contributed by atoms with E-state index >= 15 is 0 Å². The minimum Gasteiger partial charge on any atom is -0.348 e. The molecule has 2 aliphatic rings. The molecule has 1 amide bonds. The smallest absolute Gasteiger partial charge is 0.251 e. The van der Waals surface area contributed by atoms with E-state index in [2.05, 4.69) is 15.6 Å². The van der Waals surface area contributed by atoms with E-state index in [0.717, 1.165) is 5.56 Å². The van der Waals surface area contributed by atoms with Crippen molar-refractivity contribution in [2.75, 3.05) is 16.8 Å². The van der Waals surface area contributed by atoms with Gasteiger partial charge in [0.15, 0.2) is 15.0 Å². The second-order valence-electron chi connectivity index (χ2n) is 7.22. The van der Waals surface area contributed by atoms with Gasteiger partial charge in [-0.15, -0.1) is 0 Å². The van der Waals surface area contributed by atoms with Crippen LogP contribution in [0.4, 0.5) is 5.69 Å². The molecule has 4 rings (SSSR count). The summed E-state index contributed by atoms with van der Waals surface area (Å²) >= 11 is 7.69. The molecule has 152 valence electrons. The van der Waals surface area contributed by atoms with Crippen molar-refractivity contribution in [3.63, 3.8) is 0 Å². The molecule has 0 saturated carbocycles. The Kier molecular flexibility index (Phi) is 5.59. The summed E-state index contributed by atoms with van der Waals surface area (Å²) in [6.45, 7) is 2.45. The van der Waals surface area contributed by atoms with E-state index < -0.39 is 9.84 Å². The number of aliphatic imine (C=N–C) groups is 1. The molecular formula is C20H20ClN3O3S2. The fraction of sp³-hybridized carbons (Fsp3) is 0.300. The molecule has 1 fully saturated rings. The van der Waals surface area contributed by atoms with Crippen LogP contribution in [0, 0.1) is 6.92 Å². The lowest BCUT2D eigenvalue weighted by Gasteiger charge is -2.11. The van der Waals surface area contributed by atoms with Crippen molar-refractivity contribution >= 4 is 50.0 Å². The number of hydrogen-bond acceptors (Lipinski definition) is 6. The number of carbonyl (C=O) groups is 1. The zero-order valence-corrected chi connectivity index (χ0v) is 18.1. The van der Waals surface area contributed by atoms with Gasteiger partial charge in [-0.2, -0.15) is 0 Å². The quantitative estimate of drug-likeness (QED) is 0.748. The second kappa shape index (κ2) is 8.01. The lowest BCUT2D eigenvalue weighted by molar-refractivity contribution is 0.0951. The van der Waals surface area contributed by atoms with Crippen LogP contribution >= 0.6 is 23.4 Å². The Morgan fingerprint density at radius 3 is 2.69 bits per heavy atom. The van der Waals surface area contributed by atoms with E-state index in [-0.39, 0.29) is 28.7 Å². The van der Waals surface area contributed by atoms with Gasteiger partial charge in [0, 0.05) is 17.4 Å². The van der Waals surface area contributed by atoms with Crippen LogP contribution < -0.4 is 10.6 Å². The number of carbonyl (C=O) groups excluding carboxylic acids is 1. The van der Waals surface area contributed by atoms with Crippen molar-refractivity contribution in [1.29, 1.82) is 0 Å². The molecule has 0 aliphatic carbocycles. The molecule has 2 heterocycles. The number of halogens is 1. The molecule has 2 atom stereocenters. The van der Waals surface area contributed by atoms with Crippen LogP contribution in [0.1, 0.15) is 21.5 Å². The Hall–Kier alpha value is -2.03. The van der Waals surface area contributed by atoms with Gasteiger partial charge in [-0.25, -0.2) is 8.42 Å². The van der Waals surface area contributed by atoms with Crippen LogP contribution in [0.2, 0.25) is 5.02 Å². The van der Waals surface area contributed by atoms with Gasteiger partial charge >= 0.3 is 0 Å². The molecule has 29 heavy (non-hydrogen) atoms. The highest BCUT2D eigenvalue weighted by Gasteiger charge is 2.42. The predicted octanol–water partition coefficient (Wildman–Crippen LogP) is 3.26. The largest absolute Gasteiger partial charge is 0.348 e. The molecule has 2 aromatic carbocycles. The zero-order chi connectivity index (χ0) is 20.6. The molecule has 0 aromatic heterocycles. The molecule has 2 aliphatic heterocycles. The van der Waals surface area contributed by atoms with Crippen LogP contribution in [0.3, 0.4) is 0 Å². The highest BCUT2D eigenvalue weighted by molar-refractivity contribution is 8.15. The summed E-state index contributed by atoms with van der Waals surface area (Å²) < 4.78 is 23.4. The zero-order valence-electron chi connectivity index (χ0n) is 15.7. The molecule has 2 N–H and O–H groups in total. The van der Waals surface area contributed by atoms with E-state index in [9.17, 15) is 13.2 Å². The number of aryl methyl sites for hydroxylation is 1. The maximum absolute atomic E-state index is 12.5. The highest BCUT2D eigenvalue weighted by Crippen LogP contribution is 2.35. The summed E-state index contributed by atoms with van der Waals surface area (Å²) in [7, 11) is -2.99. The van der Waals surface area contributed by atoms with Gasteiger partial charge in [-0.1, -0.05) is 53.2 Å². The minimum atomic E-state index is -2.99. The van der Waals surface area contributed by atoms with E-state index in [1.165, 1.54) is 17.3 Å². The summed E-state index contributed by atoms with van der Waals surface area (Å²) in [6, 6.07) is 12.8. The van der Waals surface area contributed by atoms with Gasteiger partial charge in [0.25, 0.3) is 5.91 Å². The molecule has 0 spiro atoms. The first kappa shape index (κ1) is 20.3. The number of nitrogens with one attached hydrogen (secondary N) is 2. The number of sulfone groups is 1. The fourth-order valence-corrected chi connectivity index (χ4v) is 7.12. The van der Waals surface area contributed by atoms with Crippen LogP contribution in [0.5, 0.6) is 0 Å². The monoisotopic (exact) mass is 449 g/mol. The average Bonchev–Trinajstić information content (AvgIpc) is 3.15. The van der Waals surface area contributed by atoms with Gasteiger partial charge in [-0.3, -0.25) is 9.79 Å². The van der Waals surface area contributed by atoms with E-state index in [1.807, 2.05) is 31.2 Å². The lowest BCUT2D eigenvalue weighted by Crippen LogP contribution is -2.23. The predicted molar refractivity (Wildman–Crippen MR) is 119 cm³/mol.